The molecule has 64 heavy (non-hydrogen) atoms. The van der Waals surface area contributed by atoms with E-state index in [-0.39, 0.29) is 0 Å². The van der Waals surface area contributed by atoms with Gasteiger partial charge in [0.2, 0.25) is 11.2 Å². The molecule has 3 rings (SSSR count). The largest absolute Gasteiger partial charge is 0.382 e. The number of aliphatic hydroxyl groups excluding tert-OH is 3. The molecule has 26 heteroatoms. The van der Waals surface area contributed by atoms with Gasteiger partial charge in [0.05, 0.1) is 0 Å². The number of carbonyl (C=O) groups excluding carboxylic acids is 10. The molecule has 0 aromatic rings. The summed E-state index contributed by atoms with van der Waals surface area (Å²) in [6.45, 7) is 4.43. The van der Waals surface area contributed by atoms with Crippen LogP contribution in [0.1, 0.15) is 69.2 Å². The van der Waals surface area contributed by atoms with Crippen molar-refractivity contribution in [3.05, 3.63) is 0 Å². The SMILES string of the molecule is CC(=O)C(O)[C@H]1O[C@@H]([C@@]2(O)[C@@H](C(O)C(C)=O)O[C@H](Br)[C@@](O)(C(C)=O)[C@]2(O)C(C)=O)[C@@](O)(C(C)=O)[C@](O)(C(C)=O)[C@@H]1O[C@@H]1O[C@H](C(O)C(C)=O)[C@](O)(C(C)=O)[C@@](O)(C(C)=O)[C@]1(O)C(C)=O. The van der Waals surface area contributed by atoms with Crippen molar-refractivity contribution < 1.29 is 123 Å². The summed E-state index contributed by atoms with van der Waals surface area (Å²) < 4.78 is 22.2. The molecule has 11 N–H and O–H groups in total. The third kappa shape index (κ3) is 6.75. The Hall–Kier alpha value is -3.42. The molecule has 0 aromatic carbocycles. The lowest BCUT2D eigenvalue weighted by atomic mass is 9.53. The molecular formula is C38H51BrO25. The van der Waals surface area contributed by atoms with Crippen LogP contribution in [0.3, 0.4) is 0 Å². The van der Waals surface area contributed by atoms with Crippen LogP contribution in [-0.4, -0.2) is 219 Å². The van der Waals surface area contributed by atoms with E-state index < -0.39 is 163 Å². The maximum Gasteiger partial charge on any atom is 0.213 e. The van der Waals surface area contributed by atoms with Crippen LogP contribution in [-0.2, 0) is 66.9 Å². The summed E-state index contributed by atoms with van der Waals surface area (Å²) in [5.41, 5.74) is -34.2. The summed E-state index contributed by atoms with van der Waals surface area (Å²) in [6, 6.07) is 0. The third-order valence-corrected chi connectivity index (χ3v) is 13.6. The van der Waals surface area contributed by atoms with Crippen LogP contribution in [0.5, 0.6) is 0 Å². The van der Waals surface area contributed by atoms with Crippen molar-refractivity contribution in [2.45, 2.75) is 174 Å². The average molecular weight is 988 g/mol. The molecule has 0 radical (unpaired) electrons. The zero-order valence-electron chi connectivity index (χ0n) is 35.8. The van der Waals surface area contributed by atoms with Crippen molar-refractivity contribution in [1.82, 2.24) is 0 Å². The van der Waals surface area contributed by atoms with E-state index in [0.717, 1.165) is 0 Å². The minimum absolute atomic E-state index is 0.299. The minimum atomic E-state index is -4.51. The van der Waals surface area contributed by atoms with Gasteiger partial charge in [-0.3, -0.25) is 47.9 Å². The molecule has 3 aliphatic heterocycles. The van der Waals surface area contributed by atoms with Crippen molar-refractivity contribution in [3.63, 3.8) is 0 Å². The van der Waals surface area contributed by atoms with Gasteiger partial charge in [-0.15, -0.1) is 0 Å². The Morgan fingerprint density at radius 1 is 0.453 bits per heavy atom. The number of alkyl halides is 1. The van der Waals surface area contributed by atoms with Gasteiger partial charge in [-0.05, 0) is 69.2 Å². The highest BCUT2D eigenvalue weighted by Gasteiger charge is 2.87. The number of hydrogen-bond acceptors (Lipinski definition) is 25. The van der Waals surface area contributed by atoms with Crippen LogP contribution >= 0.6 is 15.9 Å². The molecular weight excluding hydrogens is 936 g/mol. The molecule has 3 aliphatic rings. The Kier molecular flexibility index (Phi) is 14.9. The van der Waals surface area contributed by atoms with Crippen molar-refractivity contribution in [2.75, 3.05) is 0 Å². The van der Waals surface area contributed by atoms with Crippen LogP contribution in [0.4, 0.5) is 0 Å². The second-order valence-corrected chi connectivity index (χ2v) is 17.3. The van der Waals surface area contributed by atoms with Crippen LogP contribution in [0.15, 0.2) is 0 Å². The lowest BCUT2D eigenvalue weighted by Crippen LogP contribution is -2.93. The Morgan fingerprint density at radius 2 is 0.828 bits per heavy atom. The number of carbonyl (C=O) groups is 10. The number of ketones is 10. The van der Waals surface area contributed by atoms with E-state index in [1.807, 2.05) is 0 Å². The van der Waals surface area contributed by atoms with E-state index in [1.54, 1.807) is 0 Å². The summed E-state index contributed by atoms with van der Waals surface area (Å²) in [4.78, 5) is 134. The first-order valence-corrected chi connectivity index (χ1v) is 19.8. The Morgan fingerprint density at radius 3 is 1.17 bits per heavy atom. The molecule has 0 amide bonds. The summed E-state index contributed by atoms with van der Waals surface area (Å²) in [5.74, 6) is -17.6. The number of rotatable bonds is 16. The van der Waals surface area contributed by atoms with Crippen molar-refractivity contribution in [2.24, 2.45) is 0 Å². The fourth-order valence-electron chi connectivity index (χ4n) is 9.00. The number of aliphatic hydroxyl groups is 11. The van der Waals surface area contributed by atoms with Crippen LogP contribution < -0.4 is 0 Å². The molecule has 0 saturated carbocycles. The van der Waals surface area contributed by atoms with Gasteiger partial charge >= 0.3 is 0 Å². The van der Waals surface area contributed by atoms with E-state index in [0.29, 0.717) is 69.2 Å². The van der Waals surface area contributed by atoms with Gasteiger partial charge in [0.15, 0.2) is 103 Å². The minimum Gasteiger partial charge on any atom is -0.382 e. The second kappa shape index (κ2) is 17.3. The van der Waals surface area contributed by atoms with Gasteiger partial charge in [-0.2, -0.15) is 0 Å². The first-order valence-electron chi connectivity index (χ1n) is 18.9. The fourth-order valence-corrected chi connectivity index (χ4v) is 9.89. The highest BCUT2D eigenvalue weighted by molar-refractivity contribution is 9.09. The monoisotopic (exact) mass is 986 g/mol. The maximum absolute atomic E-state index is 14.1. The van der Waals surface area contributed by atoms with Gasteiger partial charge in [-0.25, -0.2) is 0 Å². The van der Waals surface area contributed by atoms with Gasteiger partial charge < -0.3 is 75.1 Å². The first kappa shape index (κ1) is 54.9. The Bertz CT molecular complexity index is 2060. The van der Waals surface area contributed by atoms with Gasteiger partial charge in [-0.1, -0.05) is 15.9 Å². The van der Waals surface area contributed by atoms with E-state index in [9.17, 15) is 104 Å². The second-order valence-electron chi connectivity index (χ2n) is 16.4. The summed E-state index contributed by atoms with van der Waals surface area (Å²) in [5, 5.41) is 130. The predicted octanol–water partition coefficient (Wildman–Crippen LogP) is -7.19. The molecule has 360 valence electrons. The zero-order chi connectivity index (χ0) is 50.4. The van der Waals surface area contributed by atoms with Crippen molar-refractivity contribution in [3.8, 4) is 0 Å². The number of Topliss-reactive ketones (excluding diaryl/α,β-unsaturated/α-hetero) is 10. The molecule has 0 bridgehead atoms. The molecule has 0 spiro atoms. The number of ether oxygens (including phenoxy) is 4. The molecule has 3 fully saturated rings. The summed E-state index contributed by atoms with van der Waals surface area (Å²) in [6.07, 6.45) is -28.3. The lowest BCUT2D eigenvalue weighted by Gasteiger charge is -2.66. The fraction of sp³-hybridized carbons (Fsp3) is 0.737. The zero-order valence-corrected chi connectivity index (χ0v) is 37.4. The molecule has 0 aliphatic carbocycles. The molecule has 25 nitrogen and oxygen atoms in total. The quantitative estimate of drug-likeness (QED) is 0.0640. The molecule has 3 saturated heterocycles. The van der Waals surface area contributed by atoms with Gasteiger partial charge in [0.25, 0.3) is 0 Å². The average Bonchev–Trinajstić information content (AvgIpc) is 3.18. The highest BCUT2D eigenvalue weighted by atomic mass is 79.9. The van der Waals surface area contributed by atoms with Crippen LogP contribution in [0, 0.1) is 0 Å². The normalized spacial score (nSPS) is 43.8. The highest BCUT2D eigenvalue weighted by Crippen LogP contribution is 2.57. The smallest absolute Gasteiger partial charge is 0.213 e. The Labute approximate surface area is 370 Å². The van der Waals surface area contributed by atoms with E-state index in [1.165, 1.54) is 0 Å². The molecule has 3 unspecified atom stereocenters. The van der Waals surface area contributed by atoms with Gasteiger partial charge in [0.1, 0.15) is 48.8 Å². The van der Waals surface area contributed by atoms with Crippen molar-refractivity contribution in [1.29, 1.82) is 0 Å². The molecule has 0 aromatic heterocycles. The lowest BCUT2D eigenvalue weighted by molar-refractivity contribution is -0.420. The van der Waals surface area contributed by atoms with Crippen LogP contribution in [0.2, 0.25) is 0 Å². The van der Waals surface area contributed by atoms with Crippen LogP contribution in [0.25, 0.3) is 0 Å². The number of hydrogen-bond donors (Lipinski definition) is 11. The third-order valence-electron chi connectivity index (χ3n) is 12.8. The topological polar surface area (TPSA) is 430 Å². The van der Waals surface area contributed by atoms with E-state index in [2.05, 4.69) is 15.9 Å². The Balaban J connectivity index is 2.70. The first-order chi connectivity index (χ1) is 28.7. The van der Waals surface area contributed by atoms with Crippen molar-refractivity contribution >= 4 is 73.8 Å². The standard InChI is InChI=1S/C38H51BrO25/c1-11(40)21(50)24-27(64-30-35(57,18(8)47)37(59,19(9)48)32(54,15(5)44)25(63-30)22(51)12(2)41)31(53,14(4)43)33(55,16(6)45)28(61-24)36(58)26(23(52)13(3)42)62-29(39)34(56,17(7)46)38(36,60)20(10)49/h21-30,50-60H,1-10H3/t21?,22?,23?,24-,25-,26-,27-,28-,29+,30+,31+,32-,33+,34+,35+,36+,37+,38-/m1/s1. The maximum atomic E-state index is 14.1. The van der Waals surface area contributed by atoms with E-state index in [4.69, 9.17) is 18.9 Å². The van der Waals surface area contributed by atoms with Gasteiger partial charge in [0, 0.05) is 0 Å². The summed E-state index contributed by atoms with van der Waals surface area (Å²) in [7, 11) is 0. The molecule has 3 heterocycles. The molecule has 18 atom stereocenters. The number of halogens is 1. The van der Waals surface area contributed by atoms with E-state index >= 15 is 0 Å². The summed E-state index contributed by atoms with van der Waals surface area (Å²) >= 11 is 2.69. The predicted molar refractivity (Wildman–Crippen MR) is 204 cm³/mol.